The first-order chi connectivity index (χ1) is 6.95. The van der Waals surface area contributed by atoms with Gasteiger partial charge < -0.3 is 0 Å². The predicted molar refractivity (Wildman–Crippen MR) is 67.4 cm³/mol. The molecule has 0 saturated heterocycles. The van der Waals surface area contributed by atoms with E-state index in [2.05, 4.69) is 53.3 Å². The molecule has 1 aromatic rings. The van der Waals surface area contributed by atoms with Gasteiger partial charge in [0.1, 0.15) is 0 Å². The minimum Gasteiger partial charge on any atom is -0.119 e. The van der Waals surface area contributed by atoms with E-state index >= 15 is 0 Å². The van der Waals surface area contributed by atoms with Crippen LogP contribution >= 0.6 is 23.5 Å². The molecule has 0 fully saturated rings. The van der Waals surface area contributed by atoms with Gasteiger partial charge in [0.2, 0.25) is 0 Å². The summed E-state index contributed by atoms with van der Waals surface area (Å²) in [6.45, 7) is 0. The van der Waals surface area contributed by atoms with Gasteiger partial charge in [-0.05, 0) is 22.8 Å². The average Bonchev–Trinajstić information content (AvgIpc) is 2.48. The monoisotopic (exact) mass is 220 g/mol. The molecule has 0 amide bonds. The smallest absolute Gasteiger partial charge is 0.0625 e. The van der Waals surface area contributed by atoms with Crippen molar-refractivity contribution < 1.29 is 0 Å². The van der Waals surface area contributed by atoms with E-state index in [9.17, 15) is 0 Å². The van der Waals surface area contributed by atoms with Crippen molar-refractivity contribution >= 4 is 23.5 Å². The Labute approximate surface area is 93.5 Å². The third-order valence-electron chi connectivity index (χ3n) is 1.97. The molecule has 0 nitrogen and oxygen atoms in total. The van der Waals surface area contributed by atoms with Crippen LogP contribution in [0.15, 0.2) is 53.3 Å². The summed E-state index contributed by atoms with van der Waals surface area (Å²) < 4.78 is 0.618. The lowest BCUT2D eigenvalue weighted by molar-refractivity contribution is 1.11. The number of benzene rings is 1. The van der Waals surface area contributed by atoms with E-state index in [0.717, 1.165) is 6.42 Å². The van der Waals surface area contributed by atoms with Crippen molar-refractivity contribution in [2.75, 3.05) is 0 Å². The van der Waals surface area contributed by atoms with Crippen molar-refractivity contribution in [2.24, 2.45) is 0 Å². The summed E-state index contributed by atoms with van der Waals surface area (Å²) in [5.41, 5.74) is 1.42. The Kier molecular flexibility index (Phi) is 3.78. The zero-order chi connectivity index (χ0) is 9.64. The normalized spacial score (nSPS) is 16.9. The number of hydrogen-bond acceptors (Lipinski definition) is 2. The lowest BCUT2D eigenvalue weighted by Gasteiger charge is -2.10. The maximum absolute atomic E-state index is 2.19. The molecular formula is C12H12S2. The molecule has 0 aromatic heterocycles. The van der Waals surface area contributed by atoms with Crippen LogP contribution in [0.1, 0.15) is 5.56 Å². The van der Waals surface area contributed by atoms with Crippen LogP contribution in [0.2, 0.25) is 0 Å². The third kappa shape index (κ3) is 2.96. The highest BCUT2D eigenvalue weighted by atomic mass is 32.2. The fraction of sp³-hybridized carbons (Fsp3) is 0.167. The Balaban J connectivity index is 1.97. The van der Waals surface area contributed by atoms with Crippen LogP contribution in [-0.2, 0) is 6.42 Å². The maximum Gasteiger partial charge on any atom is 0.0625 e. The van der Waals surface area contributed by atoms with Crippen molar-refractivity contribution in [3.8, 4) is 0 Å². The number of allylic oxidation sites excluding steroid dienone is 2. The van der Waals surface area contributed by atoms with Crippen molar-refractivity contribution in [3.05, 3.63) is 58.9 Å². The van der Waals surface area contributed by atoms with Crippen molar-refractivity contribution in [3.63, 3.8) is 0 Å². The second-order valence-corrected chi connectivity index (χ2v) is 5.57. The minimum absolute atomic E-state index is 0.618. The van der Waals surface area contributed by atoms with E-state index < -0.39 is 0 Å². The van der Waals surface area contributed by atoms with Crippen molar-refractivity contribution in [1.82, 2.24) is 0 Å². The number of thioether (sulfide) groups is 2. The van der Waals surface area contributed by atoms with Crippen LogP contribution in [0, 0.1) is 0 Å². The van der Waals surface area contributed by atoms with Gasteiger partial charge in [0.25, 0.3) is 0 Å². The summed E-state index contributed by atoms with van der Waals surface area (Å²) in [7, 11) is 0. The summed E-state index contributed by atoms with van der Waals surface area (Å²) in [6.07, 6.45) is 5.33. The van der Waals surface area contributed by atoms with E-state index in [-0.39, 0.29) is 0 Å². The molecule has 1 aliphatic rings. The molecule has 0 aliphatic carbocycles. The number of hydrogen-bond donors (Lipinski definition) is 0. The molecule has 2 rings (SSSR count). The molecule has 0 bridgehead atoms. The van der Waals surface area contributed by atoms with Crippen molar-refractivity contribution in [1.29, 1.82) is 0 Å². The highest BCUT2D eigenvalue weighted by Crippen LogP contribution is 2.30. The van der Waals surface area contributed by atoms with Gasteiger partial charge in [-0.3, -0.25) is 0 Å². The topological polar surface area (TPSA) is 0 Å². The highest BCUT2D eigenvalue weighted by Gasteiger charge is 2.08. The fourth-order valence-corrected chi connectivity index (χ4v) is 3.22. The first-order valence-corrected chi connectivity index (χ1v) is 6.50. The molecule has 0 unspecified atom stereocenters. The van der Waals surface area contributed by atoms with Gasteiger partial charge in [-0.2, -0.15) is 0 Å². The average molecular weight is 220 g/mol. The predicted octanol–water partition coefficient (Wildman–Crippen LogP) is 4.06. The lowest BCUT2D eigenvalue weighted by atomic mass is 10.2. The SMILES string of the molecule is C1=CSC(Cc2ccccc2)SC=C1. The van der Waals surface area contributed by atoms with E-state index in [1.54, 1.807) is 0 Å². The zero-order valence-corrected chi connectivity index (χ0v) is 9.43. The molecule has 1 aromatic carbocycles. The maximum atomic E-state index is 2.19. The zero-order valence-electron chi connectivity index (χ0n) is 7.80. The van der Waals surface area contributed by atoms with Crippen LogP contribution in [0.5, 0.6) is 0 Å². The lowest BCUT2D eigenvalue weighted by Crippen LogP contribution is -1.98. The van der Waals surface area contributed by atoms with Crippen molar-refractivity contribution in [2.45, 2.75) is 11.0 Å². The Hall–Kier alpha value is -0.600. The first-order valence-electron chi connectivity index (χ1n) is 4.62. The number of rotatable bonds is 2. The van der Waals surface area contributed by atoms with Gasteiger partial charge in [0, 0.05) is 0 Å². The van der Waals surface area contributed by atoms with Crippen LogP contribution in [0.3, 0.4) is 0 Å². The molecule has 0 N–H and O–H groups in total. The first kappa shape index (κ1) is 9.94. The quantitative estimate of drug-likeness (QED) is 0.737. The standard InChI is InChI=1S/C12H12S2/c1-2-6-11(7-3-1)10-12-13-8-4-5-9-14-12/h1-9,12H,10H2. The molecule has 0 atom stereocenters. The van der Waals surface area contributed by atoms with Gasteiger partial charge in [-0.1, -0.05) is 42.5 Å². The Morgan fingerprint density at radius 3 is 2.21 bits per heavy atom. The van der Waals surface area contributed by atoms with E-state index in [1.807, 2.05) is 23.5 Å². The summed E-state index contributed by atoms with van der Waals surface area (Å²) >= 11 is 3.80. The van der Waals surface area contributed by atoms with E-state index in [0.29, 0.717) is 4.58 Å². The van der Waals surface area contributed by atoms with E-state index in [4.69, 9.17) is 0 Å². The highest BCUT2D eigenvalue weighted by molar-refractivity contribution is 8.19. The summed E-state index contributed by atoms with van der Waals surface area (Å²) in [5, 5.41) is 4.34. The molecule has 1 heterocycles. The Bertz CT molecular complexity index is 313. The molecule has 0 radical (unpaired) electrons. The van der Waals surface area contributed by atoms with E-state index in [1.165, 1.54) is 5.56 Å². The second kappa shape index (κ2) is 5.32. The molecular weight excluding hydrogens is 208 g/mol. The molecule has 1 aliphatic heterocycles. The van der Waals surface area contributed by atoms with Gasteiger partial charge in [0.05, 0.1) is 4.58 Å². The Morgan fingerprint density at radius 2 is 1.57 bits per heavy atom. The fourth-order valence-electron chi connectivity index (χ4n) is 1.29. The minimum atomic E-state index is 0.618. The van der Waals surface area contributed by atoms with Gasteiger partial charge >= 0.3 is 0 Å². The summed E-state index contributed by atoms with van der Waals surface area (Å²) in [4.78, 5) is 0. The third-order valence-corrected chi connectivity index (χ3v) is 4.21. The van der Waals surface area contributed by atoms with Gasteiger partial charge in [-0.15, -0.1) is 23.5 Å². The van der Waals surface area contributed by atoms with Crippen LogP contribution in [-0.4, -0.2) is 4.58 Å². The van der Waals surface area contributed by atoms with Crippen LogP contribution < -0.4 is 0 Å². The molecule has 14 heavy (non-hydrogen) atoms. The van der Waals surface area contributed by atoms with Crippen LogP contribution in [0.25, 0.3) is 0 Å². The van der Waals surface area contributed by atoms with Crippen LogP contribution in [0.4, 0.5) is 0 Å². The summed E-state index contributed by atoms with van der Waals surface area (Å²) in [6, 6.07) is 10.7. The largest absolute Gasteiger partial charge is 0.119 e. The second-order valence-electron chi connectivity index (χ2n) is 3.05. The summed E-state index contributed by atoms with van der Waals surface area (Å²) in [5.74, 6) is 0. The molecule has 0 saturated carbocycles. The Morgan fingerprint density at radius 1 is 0.929 bits per heavy atom. The molecule has 2 heteroatoms. The molecule has 0 spiro atoms. The van der Waals surface area contributed by atoms with Gasteiger partial charge in [-0.25, -0.2) is 0 Å². The van der Waals surface area contributed by atoms with Gasteiger partial charge in [0.15, 0.2) is 0 Å². The molecule has 72 valence electrons.